The second kappa shape index (κ2) is 15.1. The van der Waals surface area contributed by atoms with E-state index in [1.54, 1.807) is 0 Å². The normalized spacial score (nSPS) is 19.3. The first-order valence-electron chi connectivity index (χ1n) is 26.3. The lowest BCUT2D eigenvalue weighted by Gasteiger charge is -2.51. The molecule has 8 aromatic carbocycles. The predicted octanol–water partition coefficient (Wildman–Crippen LogP) is 17.5. The third-order valence-electron chi connectivity index (χ3n) is 17.8. The van der Waals surface area contributed by atoms with E-state index in [4.69, 9.17) is 0 Å². The van der Waals surface area contributed by atoms with Gasteiger partial charge in [0.05, 0.1) is 5.54 Å². The Balaban J connectivity index is 1.13. The number of benzene rings is 8. The Morgan fingerprint density at radius 3 is 1.50 bits per heavy atom. The van der Waals surface area contributed by atoms with Crippen LogP contribution in [0.25, 0.3) is 40.3 Å². The van der Waals surface area contributed by atoms with Gasteiger partial charge in [-0.1, -0.05) is 128 Å². The zero-order valence-corrected chi connectivity index (χ0v) is 45.1. The monoisotopic (exact) mass is 971 g/mol. The van der Waals surface area contributed by atoms with Gasteiger partial charge in [-0.15, -0.1) is 22.7 Å². The second-order valence-corrected chi connectivity index (χ2v) is 26.4. The van der Waals surface area contributed by atoms with Gasteiger partial charge in [-0.05, 0) is 168 Å². The summed E-state index contributed by atoms with van der Waals surface area (Å²) >= 11 is 3.80. The van der Waals surface area contributed by atoms with E-state index in [0.717, 1.165) is 6.42 Å². The van der Waals surface area contributed by atoms with E-state index in [1.807, 2.05) is 22.7 Å². The SMILES string of the molecule is Cc1cc(C)c2c(c1)N(c1cc3c4c(c1)N(c1ccc5sc6ccccc6c5c1)c1cc(C(C)(C)C)ccc1B4c1ccc(C(C)(C)C)cc1N3c1ccc3sc4ccccc4c3c1)C1(C)CCCCC21C. The standard InChI is InChI=1S/C66H62BN3S2/c1-39-31-40(2)61-54(32-39)70(66(10)30-16-15-29-65(61,66)9)45-37-55-62-56(38-45)69(44-24-28-60-49(36-44)47-18-12-14-20-58(47)72-60)53-34-42(64(6,7)8)22-26-51(53)67(62)50-25-21-41(63(3,4)5)33-52(50)68(55)43-23-27-59-48(35-43)46-17-11-13-19-57(46)71-59/h11-14,17-28,31-38H,15-16,29-30H2,1-10H3. The number of hydrogen-bond acceptors (Lipinski definition) is 5. The minimum atomic E-state index is -0.136. The zero-order chi connectivity index (χ0) is 49.4. The van der Waals surface area contributed by atoms with E-state index in [9.17, 15) is 0 Å². The molecule has 72 heavy (non-hydrogen) atoms. The Morgan fingerprint density at radius 2 is 0.972 bits per heavy atom. The van der Waals surface area contributed by atoms with Crippen LogP contribution < -0.4 is 31.1 Å². The van der Waals surface area contributed by atoms with Gasteiger partial charge in [0.25, 0.3) is 6.71 Å². The summed E-state index contributed by atoms with van der Waals surface area (Å²) in [5.74, 6) is 0. The lowest BCUT2D eigenvalue weighted by Crippen LogP contribution is -2.61. The van der Waals surface area contributed by atoms with Gasteiger partial charge in [0.15, 0.2) is 0 Å². The molecular formula is C66H62BN3S2. The van der Waals surface area contributed by atoms with Crippen LogP contribution in [-0.2, 0) is 16.2 Å². The Kier molecular flexibility index (Phi) is 9.32. The smallest absolute Gasteiger partial charge is 0.252 e. The first kappa shape index (κ1) is 44.4. The van der Waals surface area contributed by atoms with E-state index >= 15 is 0 Å². The van der Waals surface area contributed by atoms with E-state index in [-0.39, 0.29) is 28.5 Å². The Morgan fingerprint density at radius 1 is 0.472 bits per heavy atom. The number of fused-ring (bicyclic) bond motifs is 13. The van der Waals surface area contributed by atoms with Crippen LogP contribution in [0, 0.1) is 13.8 Å². The van der Waals surface area contributed by atoms with Gasteiger partial charge in [0.2, 0.25) is 0 Å². The molecular weight excluding hydrogens is 910 g/mol. The third kappa shape index (κ3) is 6.15. The number of aryl methyl sites for hydroxylation is 2. The maximum absolute atomic E-state index is 2.84. The molecule has 0 saturated heterocycles. The summed E-state index contributed by atoms with van der Waals surface area (Å²) in [5, 5.41) is 5.28. The highest BCUT2D eigenvalue weighted by atomic mass is 32.1. The van der Waals surface area contributed by atoms with Crippen molar-refractivity contribution in [1.82, 2.24) is 0 Å². The highest BCUT2D eigenvalue weighted by molar-refractivity contribution is 7.26. The molecule has 356 valence electrons. The average Bonchev–Trinajstić information content (AvgIpc) is 3.98. The van der Waals surface area contributed by atoms with Crippen LogP contribution in [-0.4, -0.2) is 12.3 Å². The minimum Gasteiger partial charge on any atom is -0.334 e. The fraction of sp³-hybridized carbons (Fsp3) is 0.273. The van der Waals surface area contributed by atoms with Crippen molar-refractivity contribution in [2.75, 3.05) is 14.7 Å². The summed E-state index contributed by atoms with van der Waals surface area (Å²) in [6.07, 6.45) is 4.80. The fourth-order valence-electron chi connectivity index (χ4n) is 14.1. The molecule has 3 aliphatic heterocycles. The summed E-state index contributed by atoms with van der Waals surface area (Å²) in [5.41, 5.74) is 20.9. The molecule has 4 aliphatic rings. The van der Waals surface area contributed by atoms with Crippen molar-refractivity contribution in [2.45, 2.75) is 117 Å². The Hall–Kier alpha value is -6.34. The summed E-state index contributed by atoms with van der Waals surface area (Å²) < 4.78 is 5.31. The molecule has 1 aliphatic carbocycles. The average molecular weight is 972 g/mol. The topological polar surface area (TPSA) is 9.72 Å². The molecule has 0 radical (unpaired) electrons. The number of thiophene rings is 2. The number of anilines is 8. The molecule has 14 rings (SSSR count). The molecule has 2 atom stereocenters. The predicted molar refractivity (Wildman–Crippen MR) is 316 cm³/mol. The summed E-state index contributed by atoms with van der Waals surface area (Å²) in [6.45, 7) is 24.1. The van der Waals surface area contributed by atoms with Crippen LogP contribution in [0.5, 0.6) is 0 Å². The lowest BCUT2D eigenvalue weighted by molar-refractivity contribution is 0.194. The van der Waals surface area contributed by atoms with Crippen molar-refractivity contribution in [1.29, 1.82) is 0 Å². The van der Waals surface area contributed by atoms with Crippen molar-refractivity contribution in [3.63, 3.8) is 0 Å². The molecule has 2 unspecified atom stereocenters. The maximum atomic E-state index is 2.84. The van der Waals surface area contributed by atoms with Crippen LogP contribution in [0.2, 0.25) is 0 Å². The Bertz CT molecular complexity index is 3750. The molecule has 2 aromatic heterocycles. The summed E-state index contributed by atoms with van der Waals surface area (Å²) in [7, 11) is 0. The van der Waals surface area contributed by atoms with Crippen LogP contribution in [0.1, 0.15) is 109 Å². The summed E-state index contributed by atoms with van der Waals surface area (Å²) in [4.78, 5) is 8.20. The van der Waals surface area contributed by atoms with Crippen molar-refractivity contribution in [2.24, 2.45) is 0 Å². The largest absolute Gasteiger partial charge is 0.334 e. The van der Waals surface area contributed by atoms with Crippen molar-refractivity contribution >= 4 is 132 Å². The van der Waals surface area contributed by atoms with Gasteiger partial charge in [-0.25, -0.2) is 0 Å². The van der Waals surface area contributed by atoms with Gasteiger partial charge >= 0.3 is 0 Å². The molecule has 3 nitrogen and oxygen atoms in total. The van der Waals surface area contributed by atoms with Gasteiger partial charge in [-0.3, -0.25) is 0 Å². The van der Waals surface area contributed by atoms with E-state index in [2.05, 4.69) is 230 Å². The zero-order valence-electron chi connectivity index (χ0n) is 43.4. The van der Waals surface area contributed by atoms with E-state index in [0.29, 0.717) is 0 Å². The van der Waals surface area contributed by atoms with E-state index < -0.39 is 0 Å². The fourth-order valence-corrected chi connectivity index (χ4v) is 16.2. The van der Waals surface area contributed by atoms with Gasteiger partial charge in [0, 0.05) is 91.3 Å². The van der Waals surface area contributed by atoms with E-state index in [1.165, 1.54) is 149 Å². The van der Waals surface area contributed by atoms with Crippen LogP contribution in [0.15, 0.2) is 146 Å². The number of nitrogens with zero attached hydrogens (tertiary/aromatic N) is 3. The molecule has 6 heteroatoms. The lowest BCUT2D eigenvalue weighted by atomic mass is 9.33. The molecule has 1 fully saturated rings. The quantitative estimate of drug-likeness (QED) is 0.163. The third-order valence-corrected chi connectivity index (χ3v) is 20.1. The van der Waals surface area contributed by atoms with Crippen molar-refractivity contribution < 1.29 is 0 Å². The molecule has 0 spiro atoms. The second-order valence-electron chi connectivity index (χ2n) is 24.2. The van der Waals surface area contributed by atoms with Crippen molar-refractivity contribution in [3.05, 3.63) is 173 Å². The number of hydrogen-bond donors (Lipinski definition) is 0. The first-order valence-corrected chi connectivity index (χ1v) is 28.0. The first-order chi connectivity index (χ1) is 34.5. The molecule has 5 heterocycles. The number of rotatable bonds is 3. The highest BCUT2D eigenvalue weighted by Gasteiger charge is 2.59. The van der Waals surface area contributed by atoms with Crippen molar-refractivity contribution in [3.8, 4) is 0 Å². The molecule has 0 N–H and O–H groups in total. The van der Waals surface area contributed by atoms with Gasteiger partial charge in [0.1, 0.15) is 0 Å². The highest BCUT2D eigenvalue weighted by Crippen LogP contribution is 2.63. The summed E-state index contributed by atoms with van der Waals surface area (Å²) in [6, 6.07) is 57.6. The molecule has 0 bridgehead atoms. The van der Waals surface area contributed by atoms with Crippen LogP contribution in [0.4, 0.5) is 45.5 Å². The molecule has 10 aromatic rings. The van der Waals surface area contributed by atoms with Crippen LogP contribution >= 0.6 is 22.7 Å². The van der Waals surface area contributed by atoms with Crippen LogP contribution in [0.3, 0.4) is 0 Å². The Labute approximate surface area is 433 Å². The minimum absolute atomic E-state index is 0.00638. The maximum Gasteiger partial charge on any atom is 0.252 e. The van der Waals surface area contributed by atoms with Gasteiger partial charge < -0.3 is 14.7 Å². The molecule has 1 saturated carbocycles. The molecule has 0 amide bonds. The van der Waals surface area contributed by atoms with Gasteiger partial charge in [-0.2, -0.15) is 0 Å².